The molecular weight excluding hydrogens is 262 g/mol. The maximum atomic E-state index is 11.1. The van der Waals surface area contributed by atoms with Crippen LogP contribution in [0.3, 0.4) is 0 Å². The number of hydrogen-bond acceptors (Lipinski definition) is 3. The first-order valence-corrected chi connectivity index (χ1v) is 6.03. The first kappa shape index (κ1) is 13.8. The van der Waals surface area contributed by atoms with E-state index < -0.39 is 30.1 Å². The number of fused-ring (bicyclic) bond motifs is 1. The third-order valence-corrected chi connectivity index (χ3v) is 3.07. The van der Waals surface area contributed by atoms with Crippen LogP contribution >= 0.6 is 0 Å². The number of rotatable bonds is 6. The van der Waals surface area contributed by atoms with E-state index >= 15 is 0 Å². The number of carboxylic acid groups (broad SMARTS) is 2. The Morgan fingerprint density at radius 1 is 1.15 bits per heavy atom. The van der Waals surface area contributed by atoms with Crippen LogP contribution in [0.4, 0.5) is 0 Å². The van der Waals surface area contributed by atoms with Crippen LogP contribution in [-0.2, 0) is 20.8 Å². The van der Waals surface area contributed by atoms with Gasteiger partial charge in [0.1, 0.15) is 0 Å². The van der Waals surface area contributed by atoms with Crippen LogP contribution in [0.2, 0.25) is 0 Å². The van der Waals surface area contributed by atoms with Crippen LogP contribution in [0.15, 0.2) is 30.3 Å². The quantitative estimate of drug-likeness (QED) is 0.692. The van der Waals surface area contributed by atoms with Crippen molar-refractivity contribution < 1.29 is 24.6 Å². The predicted octanol–water partition coefficient (Wildman–Crippen LogP) is 1.45. The molecule has 0 aliphatic carbocycles. The van der Waals surface area contributed by atoms with Gasteiger partial charge in [0, 0.05) is 24.1 Å². The lowest BCUT2D eigenvalue weighted by Crippen LogP contribution is -2.24. The monoisotopic (exact) mass is 275 g/mol. The lowest BCUT2D eigenvalue weighted by atomic mass is 9.97. The van der Waals surface area contributed by atoms with Gasteiger partial charge in [0.15, 0.2) is 0 Å². The summed E-state index contributed by atoms with van der Waals surface area (Å²) in [6.45, 7) is 0. The fourth-order valence-corrected chi connectivity index (χ4v) is 2.07. The third kappa shape index (κ3) is 3.03. The fourth-order valence-electron chi connectivity index (χ4n) is 2.07. The molecule has 0 spiro atoms. The molecule has 2 rings (SSSR count). The Hall–Kier alpha value is -2.63. The minimum atomic E-state index is -1.60. The molecule has 3 N–H and O–H groups in total. The molecule has 1 aromatic carbocycles. The number of para-hydroxylation sites is 1. The number of aliphatic carboxylic acids is 2. The molecule has 0 amide bonds. The Morgan fingerprint density at radius 2 is 1.85 bits per heavy atom. The van der Waals surface area contributed by atoms with Crippen LogP contribution in [0.25, 0.3) is 10.9 Å². The van der Waals surface area contributed by atoms with Crippen LogP contribution < -0.4 is 0 Å². The van der Waals surface area contributed by atoms with E-state index in [0.29, 0.717) is 5.69 Å². The average molecular weight is 275 g/mol. The molecule has 0 saturated heterocycles. The molecule has 0 radical (unpaired) electrons. The van der Waals surface area contributed by atoms with Gasteiger partial charge in [-0.1, -0.05) is 18.2 Å². The van der Waals surface area contributed by atoms with Crippen molar-refractivity contribution in [3.63, 3.8) is 0 Å². The number of benzene rings is 1. The van der Waals surface area contributed by atoms with Crippen molar-refractivity contribution in [3.8, 4) is 0 Å². The zero-order valence-corrected chi connectivity index (χ0v) is 10.5. The molecule has 1 unspecified atom stereocenters. The maximum absolute atomic E-state index is 11.1. The average Bonchev–Trinajstić information content (AvgIpc) is 2.79. The maximum Gasteiger partial charge on any atom is 0.372 e. The molecule has 0 aliphatic rings. The number of carbonyl (C=O) groups is 3. The highest BCUT2D eigenvalue weighted by molar-refractivity contribution is 6.33. The number of carbonyl (C=O) groups excluding carboxylic acids is 1. The Morgan fingerprint density at radius 3 is 2.45 bits per heavy atom. The smallest absolute Gasteiger partial charge is 0.372 e. The number of Topliss-reactive ketones (excluding diaryl/α,β-unsaturated/α-hetero) is 1. The predicted molar refractivity (Wildman–Crippen MR) is 70.4 cm³/mol. The zero-order chi connectivity index (χ0) is 14.7. The van der Waals surface area contributed by atoms with E-state index in [1.54, 1.807) is 6.07 Å². The van der Waals surface area contributed by atoms with E-state index in [9.17, 15) is 14.4 Å². The van der Waals surface area contributed by atoms with E-state index in [0.717, 1.165) is 10.9 Å². The molecule has 1 atom stereocenters. The molecule has 6 heteroatoms. The molecule has 0 bridgehead atoms. The topological polar surface area (TPSA) is 107 Å². The van der Waals surface area contributed by atoms with Crippen molar-refractivity contribution in [2.75, 3.05) is 0 Å². The summed E-state index contributed by atoms with van der Waals surface area (Å²) in [4.78, 5) is 35.8. The number of aromatic amines is 1. The van der Waals surface area contributed by atoms with Gasteiger partial charge < -0.3 is 15.2 Å². The molecule has 0 saturated carbocycles. The SMILES string of the molecule is O=C(O)C(=O)CC(Cc1cc2ccccc2[nH]1)C(=O)O. The Kier molecular flexibility index (Phi) is 3.84. The Bertz CT molecular complexity index is 640. The Balaban J connectivity index is 2.17. The summed E-state index contributed by atoms with van der Waals surface area (Å²) in [5, 5.41) is 18.6. The van der Waals surface area contributed by atoms with Gasteiger partial charge in [0.05, 0.1) is 5.92 Å². The number of hydrogen-bond donors (Lipinski definition) is 3. The van der Waals surface area contributed by atoms with Crippen molar-refractivity contribution >= 4 is 28.6 Å². The van der Waals surface area contributed by atoms with Gasteiger partial charge >= 0.3 is 11.9 Å². The van der Waals surface area contributed by atoms with Gasteiger partial charge in [-0.15, -0.1) is 0 Å². The molecule has 6 nitrogen and oxygen atoms in total. The van der Waals surface area contributed by atoms with Crippen LogP contribution in [-0.4, -0.2) is 32.9 Å². The molecule has 0 fully saturated rings. The second-order valence-corrected chi connectivity index (χ2v) is 4.55. The summed E-state index contributed by atoms with van der Waals surface area (Å²) in [5.41, 5.74) is 1.54. The molecule has 1 heterocycles. The third-order valence-electron chi connectivity index (χ3n) is 3.07. The van der Waals surface area contributed by atoms with E-state index in [-0.39, 0.29) is 6.42 Å². The summed E-state index contributed by atoms with van der Waals surface area (Å²) in [6, 6.07) is 9.26. The van der Waals surface area contributed by atoms with Crippen LogP contribution in [0.1, 0.15) is 12.1 Å². The fraction of sp³-hybridized carbons (Fsp3) is 0.214. The second kappa shape index (κ2) is 5.56. The van der Waals surface area contributed by atoms with E-state index in [2.05, 4.69) is 4.98 Å². The summed E-state index contributed by atoms with van der Waals surface area (Å²) < 4.78 is 0. The Labute approximate surface area is 114 Å². The van der Waals surface area contributed by atoms with Gasteiger partial charge in [-0.2, -0.15) is 0 Å². The molecule has 1 aromatic heterocycles. The molecular formula is C14H13NO5. The second-order valence-electron chi connectivity index (χ2n) is 4.55. The molecule has 20 heavy (non-hydrogen) atoms. The number of carboxylic acids is 2. The van der Waals surface area contributed by atoms with Crippen molar-refractivity contribution in [2.24, 2.45) is 5.92 Å². The van der Waals surface area contributed by atoms with Gasteiger partial charge in [0.25, 0.3) is 0 Å². The largest absolute Gasteiger partial charge is 0.481 e. The van der Waals surface area contributed by atoms with Gasteiger partial charge in [-0.25, -0.2) is 4.79 Å². The van der Waals surface area contributed by atoms with Crippen molar-refractivity contribution in [3.05, 3.63) is 36.0 Å². The number of H-pyrrole nitrogens is 1. The van der Waals surface area contributed by atoms with Crippen molar-refractivity contribution in [1.29, 1.82) is 0 Å². The standard InChI is InChI=1S/C14H13NO5/c16-12(14(19)20)7-9(13(17)18)6-10-5-8-3-1-2-4-11(8)15-10/h1-5,9,15H,6-7H2,(H,17,18)(H,19,20). The highest BCUT2D eigenvalue weighted by atomic mass is 16.4. The van der Waals surface area contributed by atoms with Gasteiger partial charge in [-0.3, -0.25) is 9.59 Å². The highest BCUT2D eigenvalue weighted by Gasteiger charge is 2.25. The molecule has 0 aliphatic heterocycles. The highest BCUT2D eigenvalue weighted by Crippen LogP contribution is 2.19. The normalized spacial score (nSPS) is 12.2. The molecule has 2 aromatic rings. The number of aromatic nitrogens is 1. The van der Waals surface area contributed by atoms with E-state index in [1.165, 1.54) is 0 Å². The first-order chi connectivity index (χ1) is 9.47. The van der Waals surface area contributed by atoms with Crippen molar-refractivity contribution in [1.82, 2.24) is 4.98 Å². The molecule has 104 valence electrons. The minimum absolute atomic E-state index is 0.0863. The van der Waals surface area contributed by atoms with Gasteiger partial charge in [0.2, 0.25) is 5.78 Å². The summed E-state index contributed by atoms with van der Waals surface area (Å²) in [5.74, 6) is -4.92. The number of nitrogens with one attached hydrogen (secondary N) is 1. The van der Waals surface area contributed by atoms with E-state index in [4.69, 9.17) is 10.2 Å². The first-order valence-electron chi connectivity index (χ1n) is 6.03. The van der Waals surface area contributed by atoms with E-state index in [1.807, 2.05) is 24.3 Å². The number of ketones is 1. The summed E-state index contributed by atoms with van der Waals surface area (Å²) in [6.07, 6.45) is -0.428. The van der Waals surface area contributed by atoms with Gasteiger partial charge in [-0.05, 0) is 17.5 Å². The lowest BCUT2D eigenvalue weighted by Gasteiger charge is -2.08. The minimum Gasteiger partial charge on any atom is -0.481 e. The summed E-state index contributed by atoms with van der Waals surface area (Å²) in [7, 11) is 0. The lowest BCUT2D eigenvalue weighted by molar-refractivity contribution is -0.151. The summed E-state index contributed by atoms with van der Waals surface area (Å²) >= 11 is 0. The van der Waals surface area contributed by atoms with Crippen LogP contribution in [0, 0.1) is 5.92 Å². The zero-order valence-electron chi connectivity index (χ0n) is 10.5. The van der Waals surface area contributed by atoms with Crippen molar-refractivity contribution in [2.45, 2.75) is 12.8 Å². The van der Waals surface area contributed by atoms with Crippen LogP contribution in [0.5, 0.6) is 0 Å².